The molecule has 0 fully saturated rings. The van der Waals surface area contributed by atoms with Gasteiger partial charge >= 0.3 is 12.1 Å². The Balaban J connectivity index is 1.84. The first-order chi connectivity index (χ1) is 17.5. The summed E-state index contributed by atoms with van der Waals surface area (Å²) in [4.78, 5) is 28.3. The number of carbonyl (C=O) groups is 2. The third kappa shape index (κ3) is 5.17. The van der Waals surface area contributed by atoms with Gasteiger partial charge in [-0.05, 0) is 38.5 Å². The van der Waals surface area contributed by atoms with Crippen LogP contribution in [0.1, 0.15) is 42.3 Å². The summed E-state index contributed by atoms with van der Waals surface area (Å²) in [5.41, 5.74) is -1.05. The predicted octanol–water partition coefficient (Wildman–Crippen LogP) is 5.60. The summed E-state index contributed by atoms with van der Waals surface area (Å²) in [5.74, 6) is -2.33. The molecule has 2 aromatic carbocycles. The van der Waals surface area contributed by atoms with Crippen molar-refractivity contribution in [2.24, 2.45) is 0 Å². The van der Waals surface area contributed by atoms with Crippen LogP contribution in [0.15, 0.2) is 48.7 Å². The maximum absolute atomic E-state index is 15.5. The molecule has 37 heavy (non-hydrogen) atoms. The first-order valence-electron chi connectivity index (χ1n) is 11.4. The number of benzene rings is 2. The molecule has 0 saturated carbocycles. The van der Waals surface area contributed by atoms with Crippen LogP contribution in [0.5, 0.6) is 11.6 Å². The van der Waals surface area contributed by atoms with Gasteiger partial charge in [0, 0.05) is 34.3 Å². The minimum atomic E-state index is -1.38. The highest BCUT2D eigenvalue weighted by Crippen LogP contribution is 2.49. The van der Waals surface area contributed by atoms with Gasteiger partial charge in [0.05, 0.1) is 19.2 Å². The molecule has 1 unspecified atom stereocenters. The number of ether oxygens (including phenoxy) is 3. The zero-order valence-electron chi connectivity index (χ0n) is 20.7. The summed E-state index contributed by atoms with van der Waals surface area (Å²) in [6, 6.07) is 12.4. The van der Waals surface area contributed by atoms with E-state index in [1.54, 1.807) is 26.8 Å². The molecule has 0 bridgehead atoms. The van der Waals surface area contributed by atoms with Crippen molar-refractivity contribution in [2.75, 3.05) is 13.7 Å². The van der Waals surface area contributed by atoms with E-state index in [1.807, 2.05) is 30.3 Å². The van der Waals surface area contributed by atoms with Crippen LogP contribution in [0.3, 0.4) is 0 Å². The summed E-state index contributed by atoms with van der Waals surface area (Å²) in [6.45, 7) is 5.29. The number of methoxy groups -OCH3 is 1. The van der Waals surface area contributed by atoms with Crippen LogP contribution >= 0.6 is 11.6 Å². The van der Waals surface area contributed by atoms with Crippen molar-refractivity contribution in [1.82, 2.24) is 10.3 Å². The van der Waals surface area contributed by atoms with Crippen molar-refractivity contribution in [3.05, 3.63) is 76.2 Å². The number of pyridine rings is 1. The van der Waals surface area contributed by atoms with Gasteiger partial charge in [-0.1, -0.05) is 41.9 Å². The van der Waals surface area contributed by atoms with Crippen molar-refractivity contribution >= 4 is 23.7 Å². The summed E-state index contributed by atoms with van der Waals surface area (Å²) in [5, 5.41) is 12.7. The Kier molecular flexibility index (Phi) is 7.01. The highest BCUT2D eigenvalue weighted by Gasteiger charge is 2.44. The fourth-order valence-electron chi connectivity index (χ4n) is 4.32. The SMILES string of the molecule is COc1ncc(C(=O)O)c(-c2c(Cl)ccc3c2CC(CNC(=O)OC(C)(C)C)(c2ccccc2)O3)c1F. The number of carboxylic acids is 1. The van der Waals surface area contributed by atoms with Gasteiger partial charge in [0.2, 0.25) is 0 Å². The van der Waals surface area contributed by atoms with E-state index in [4.69, 9.17) is 25.8 Å². The molecular weight excluding hydrogens is 503 g/mol. The van der Waals surface area contributed by atoms with E-state index in [0.29, 0.717) is 11.3 Å². The summed E-state index contributed by atoms with van der Waals surface area (Å²) >= 11 is 6.56. The van der Waals surface area contributed by atoms with Gasteiger partial charge in [-0.25, -0.2) is 19.0 Å². The summed E-state index contributed by atoms with van der Waals surface area (Å²) < 4.78 is 32.4. The fourth-order valence-corrected chi connectivity index (χ4v) is 4.60. The Labute approximate surface area is 218 Å². The molecule has 194 valence electrons. The molecule has 1 atom stereocenters. The molecular formula is C27H26ClFN2O6. The molecule has 3 aromatic rings. The number of hydrogen-bond acceptors (Lipinski definition) is 6. The minimum absolute atomic E-state index is 0.0194. The minimum Gasteiger partial charge on any atom is -0.480 e. The number of carboxylic acid groups (broad SMARTS) is 1. The standard InChI is InChI=1S/C27H26ClFN2O6/c1-26(2,3)37-25(34)31-14-27(15-8-6-5-7-9-15)12-16-19(36-27)11-10-18(28)20(16)21-17(24(32)33)13-30-23(35-4)22(21)29/h5-11,13H,12,14H2,1-4H3,(H,31,34)(H,32,33). The van der Waals surface area contributed by atoms with Crippen LogP contribution in [0, 0.1) is 5.82 Å². The maximum Gasteiger partial charge on any atom is 0.407 e. The third-order valence-corrected chi connectivity index (χ3v) is 6.18. The van der Waals surface area contributed by atoms with E-state index in [2.05, 4.69) is 10.3 Å². The number of nitrogens with zero attached hydrogens (tertiary/aromatic N) is 1. The molecule has 2 heterocycles. The Morgan fingerprint density at radius 2 is 1.89 bits per heavy atom. The second-order valence-electron chi connectivity index (χ2n) is 9.57. The van der Waals surface area contributed by atoms with Gasteiger partial charge in [-0.3, -0.25) is 0 Å². The lowest BCUT2D eigenvalue weighted by atomic mass is 9.85. The molecule has 1 aromatic heterocycles. The van der Waals surface area contributed by atoms with E-state index in [0.717, 1.165) is 11.8 Å². The number of halogens is 2. The maximum atomic E-state index is 15.5. The van der Waals surface area contributed by atoms with Crippen LogP contribution in [-0.2, 0) is 16.8 Å². The molecule has 0 spiro atoms. The van der Waals surface area contributed by atoms with Gasteiger partial charge in [0.25, 0.3) is 5.88 Å². The molecule has 0 aliphatic carbocycles. The third-order valence-electron chi connectivity index (χ3n) is 5.87. The molecule has 1 amide bonds. The summed E-state index contributed by atoms with van der Waals surface area (Å²) in [7, 11) is 1.23. The number of carbonyl (C=O) groups excluding carboxylic acids is 1. The molecule has 4 rings (SSSR count). The average molecular weight is 529 g/mol. The molecule has 0 saturated heterocycles. The van der Waals surface area contributed by atoms with Gasteiger partial charge in [-0.2, -0.15) is 0 Å². The topological polar surface area (TPSA) is 107 Å². The average Bonchev–Trinajstić information content (AvgIpc) is 3.22. The van der Waals surface area contributed by atoms with Gasteiger partial charge in [0.1, 0.15) is 11.4 Å². The van der Waals surface area contributed by atoms with Crippen molar-refractivity contribution < 1.29 is 33.3 Å². The lowest BCUT2D eigenvalue weighted by Crippen LogP contribution is -2.45. The molecule has 1 aliphatic heterocycles. The number of fused-ring (bicyclic) bond motifs is 1. The van der Waals surface area contributed by atoms with Crippen molar-refractivity contribution in [2.45, 2.75) is 38.4 Å². The number of hydrogen-bond donors (Lipinski definition) is 2. The van der Waals surface area contributed by atoms with E-state index in [1.165, 1.54) is 13.2 Å². The van der Waals surface area contributed by atoms with Gasteiger partial charge in [-0.15, -0.1) is 0 Å². The monoisotopic (exact) mass is 528 g/mol. The zero-order chi connectivity index (χ0) is 27.0. The van der Waals surface area contributed by atoms with E-state index < -0.39 is 29.1 Å². The van der Waals surface area contributed by atoms with Crippen molar-refractivity contribution in [3.8, 4) is 22.8 Å². The van der Waals surface area contributed by atoms with Crippen molar-refractivity contribution in [3.63, 3.8) is 0 Å². The van der Waals surface area contributed by atoms with Crippen LogP contribution in [0.2, 0.25) is 5.02 Å². The van der Waals surface area contributed by atoms with Crippen LogP contribution in [0.4, 0.5) is 9.18 Å². The highest BCUT2D eigenvalue weighted by atomic mass is 35.5. The van der Waals surface area contributed by atoms with E-state index in [9.17, 15) is 14.7 Å². The molecule has 8 nitrogen and oxygen atoms in total. The van der Waals surface area contributed by atoms with Gasteiger partial charge in [0.15, 0.2) is 11.4 Å². The van der Waals surface area contributed by atoms with Gasteiger partial charge < -0.3 is 24.6 Å². The Hall–Kier alpha value is -3.85. The molecule has 2 N–H and O–H groups in total. The van der Waals surface area contributed by atoms with Crippen LogP contribution < -0.4 is 14.8 Å². The highest BCUT2D eigenvalue weighted by molar-refractivity contribution is 6.34. The fraction of sp³-hybridized carbons (Fsp3) is 0.296. The second-order valence-corrected chi connectivity index (χ2v) is 9.98. The number of rotatable bonds is 6. The Bertz CT molecular complexity index is 1360. The van der Waals surface area contributed by atoms with E-state index in [-0.39, 0.29) is 40.6 Å². The number of nitrogens with one attached hydrogen (secondary N) is 1. The quantitative estimate of drug-likeness (QED) is 0.428. The van der Waals surface area contributed by atoms with Crippen molar-refractivity contribution in [1.29, 1.82) is 0 Å². The largest absolute Gasteiger partial charge is 0.480 e. The van der Waals surface area contributed by atoms with Crippen LogP contribution in [-0.4, -0.2) is 41.4 Å². The number of alkyl carbamates (subject to hydrolysis) is 1. The smallest absolute Gasteiger partial charge is 0.407 e. The molecule has 10 heteroatoms. The lowest BCUT2D eigenvalue weighted by Gasteiger charge is -2.30. The predicted molar refractivity (Wildman–Crippen MR) is 135 cm³/mol. The van der Waals surface area contributed by atoms with E-state index >= 15 is 4.39 Å². The lowest BCUT2D eigenvalue weighted by molar-refractivity contribution is 0.0414. The number of amides is 1. The first-order valence-corrected chi connectivity index (χ1v) is 11.8. The second kappa shape index (κ2) is 9.89. The number of aromatic carboxylic acids is 1. The normalized spacial score (nSPS) is 16.5. The summed E-state index contributed by atoms with van der Waals surface area (Å²) in [6.07, 6.45) is 0.555. The molecule has 1 aliphatic rings. The molecule has 0 radical (unpaired) electrons. The zero-order valence-corrected chi connectivity index (χ0v) is 21.5. The van der Waals surface area contributed by atoms with Crippen LogP contribution in [0.25, 0.3) is 11.1 Å². The Morgan fingerprint density at radius 1 is 1.19 bits per heavy atom. The number of aromatic nitrogens is 1. The first kappa shape index (κ1) is 26.2. The Morgan fingerprint density at radius 3 is 2.51 bits per heavy atom.